The van der Waals surface area contributed by atoms with Gasteiger partial charge in [-0.25, -0.2) is 9.59 Å². The zero-order valence-corrected chi connectivity index (χ0v) is 19.1. The van der Waals surface area contributed by atoms with Gasteiger partial charge in [-0.3, -0.25) is 9.59 Å². The van der Waals surface area contributed by atoms with Crippen LogP contribution in [0.3, 0.4) is 0 Å². The number of benzene rings is 1. The molecule has 9 heteroatoms. The molecule has 1 aromatic heterocycles. The lowest BCUT2D eigenvalue weighted by Crippen LogP contribution is -2.22. The van der Waals surface area contributed by atoms with Gasteiger partial charge in [0.2, 0.25) is 5.91 Å². The van der Waals surface area contributed by atoms with Crippen LogP contribution >= 0.6 is 11.3 Å². The number of fused-ring (bicyclic) bond motifs is 1. The third kappa shape index (κ3) is 5.94. The van der Waals surface area contributed by atoms with Gasteiger partial charge < -0.3 is 20.1 Å². The molecular weight excluding hydrogens is 432 g/mol. The number of hydrogen-bond donors (Lipinski definition) is 2. The minimum Gasteiger partial charge on any atom is -0.459 e. The first-order chi connectivity index (χ1) is 15.2. The summed E-state index contributed by atoms with van der Waals surface area (Å²) >= 11 is 1.39. The number of hydrogen-bond acceptors (Lipinski definition) is 7. The maximum absolute atomic E-state index is 12.7. The number of aryl methyl sites for hydroxylation is 1. The van der Waals surface area contributed by atoms with E-state index in [-0.39, 0.29) is 12.0 Å². The molecule has 32 heavy (non-hydrogen) atoms. The van der Waals surface area contributed by atoms with Crippen molar-refractivity contribution in [3.8, 4) is 0 Å². The topological polar surface area (TPSA) is 111 Å². The molecule has 8 nitrogen and oxygen atoms in total. The maximum atomic E-state index is 12.7. The second-order valence-corrected chi connectivity index (χ2v) is 8.86. The van der Waals surface area contributed by atoms with Crippen LogP contribution in [-0.4, -0.2) is 36.5 Å². The van der Waals surface area contributed by atoms with E-state index in [1.807, 2.05) is 0 Å². The van der Waals surface area contributed by atoms with Gasteiger partial charge in [0.1, 0.15) is 5.00 Å². The number of anilines is 2. The van der Waals surface area contributed by atoms with Crippen molar-refractivity contribution in [2.75, 3.05) is 17.2 Å². The van der Waals surface area contributed by atoms with Crippen LogP contribution in [0.4, 0.5) is 10.7 Å². The zero-order chi connectivity index (χ0) is 23.3. The molecule has 0 saturated heterocycles. The summed E-state index contributed by atoms with van der Waals surface area (Å²) in [6, 6.07) is 6.23. The first-order valence-electron chi connectivity index (χ1n) is 10.4. The van der Waals surface area contributed by atoms with Gasteiger partial charge in [-0.2, -0.15) is 0 Å². The van der Waals surface area contributed by atoms with Crippen molar-refractivity contribution in [3.05, 3.63) is 45.8 Å². The standard InChI is InChI=1S/C23H26N2O6S/c1-13(2)31-22(28)15-8-10-16(11-9-15)25-19(27)12-30-23(29)20-17-6-4-5-7-18(17)32-21(20)24-14(3)26/h8-11,13H,4-7,12H2,1-3H3,(H,24,26)(H,25,27). The third-order valence-electron chi connectivity index (χ3n) is 4.75. The van der Waals surface area contributed by atoms with E-state index in [4.69, 9.17) is 9.47 Å². The van der Waals surface area contributed by atoms with Crippen LogP contribution in [0.5, 0.6) is 0 Å². The van der Waals surface area contributed by atoms with Gasteiger partial charge in [-0.05, 0) is 69.4 Å². The van der Waals surface area contributed by atoms with Gasteiger partial charge >= 0.3 is 11.9 Å². The number of ether oxygens (including phenoxy) is 2. The number of carbonyl (C=O) groups excluding carboxylic acids is 4. The largest absolute Gasteiger partial charge is 0.459 e. The minimum atomic E-state index is -0.630. The lowest BCUT2D eigenvalue weighted by molar-refractivity contribution is -0.119. The molecule has 0 spiro atoms. The van der Waals surface area contributed by atoms with E-state index in [1.165, 1.54) is 18.3 Å². The summed E-state index contributed by atoms with van der Waals surface area (Å²) in [6.45, 7) is 4.44. The molecule has 170 valence electrons. The third-order valence-corrected chi connectivity index (χ3v) is 5.95. The molecular formula is C23H26N2O6S. The van der Waals surface area contributed by atoms with Crippen molar-refractivity contribution < 1.29 is 28.7 Å². The molecule has 1 aliphatic rings. The number of rotatable bonds is 7. The van der Waals surface area contributed by atoms with Gasteiger partial charge in [0.05, 0.1) is 17.2 Å². The first kappa shape index (κ1) is 23.5. The number of thiophene rings is 1. The number of esters is 2. The highest BCUT2D eigenvalue weighted by molar-refractivity contribution is 7.17. The molecule has 1 aromatic carbocycles. The summed E-state index contributed by atoms with van der Waals surface area (Å²) in [6.07, 6.45) is 3.38. The highest BCUT2D eigenvalue weighted by Crippen LogP contribution is 2.38. The number of amides is 2. The Morgan fingerprint density at radius 3 is 2.34 bits per heavy atom. The molecule has 2 amide bonds. The predicted molar refractivity (Wildman–Crippen MR) is 121 cm³/mol. The Balaban J connectivity index is 1.60. The quantitative estimate of drug-likeness (QED) is 0.608. The maximum Gasteiger partial charge on any atom is 0.341 e. The fourth-order valence-electron chi connectivity index (χ4n) is 3.40. The van der Waals surface area contributed by atoms with E-state index in [9.17, 15) is 19.2 Å². The monoisotopic (exact) mass is 458 g/mol. The van der Waals surface area contributed by atoms with Crippen LogP contribution in [0.15, 0.2) is 24.3 Å². The van der Waals surface area contributed by atoms with E-state index in [2.05, 4.69) is 10.6 Å². The Hall–Kier alpha value is -3.20. The van der Waals surface area contributed by atoms with Gasteiger partial charge in [0.25, 0.3) is 5.91 Å². The van der Waals surface area contributed by atoms with Crippen molar-refractivity contribution in [3.63, 3.8) is 0 Å². The molecule has 0 aliphatic heterocycles. The van der Waals surface area contributed by atoms with E-state index < -0.39 is 24.5 Å². The fraction of sp³-hybridized carbons (Fsp3) is 0.391. The molecule has 3 rings (SSSR count). The Bertz CT molecular complexity index is 1030. The Labute approximate surface area is 190 Å². The SMILES string of the molecule is CC(=O)Nc1sc2c(c1C(=O)OCC(=O)Nc1ccc(C(=O)OC(C)C)cc1)CCCC2. The van der Waals surface area contributed by atoms with Gasteiger partial charge in [0.15, 0.2) is 6.61 Å². The van der Waals surface area contributed by atoms with Crippen LogP contribution in [0.1, 0.15) is 64.8 Å². The second-order valence-electron chi connectivity index (χ2n) is 7.75. The molecule has 1 heterocycles. The number of carbonyl (C=O) groups is 4. The average molecular weight is 459 g/mol. The summed E-state index contributed by atoms with van der Waals surface area (Å²) in [5.41, 5.74) is 2.08. The van der Waals surface area contributed by atoms with E-state index >= 15 is 0 Å². The van der Waals surface area contributed by atoms with Crippen LogP contribution in [0.2, 0.25) is 0 Å². The molecule has 0 saturated carbocycles. The lowest BCUT2D eigenvalue weighted by atomic mass is 9.95. The van der Waals surface area contributed by atoms with Crippen molar-refractivity contribution in [1.29, 1.82) is 0 Å². The predicted octanol–water partition coefficient (Wildman–Crippen LogP) is 3.95. The minimum absolute atomic E-state index is 0.225. The molecule has 0 fully saturated rings. The van der Waals surface area contributed by atoms with Gasteiger partial charge in [-0.1, -0.05) is 0 Å². The highest BCUT2D eigenvalue weighted by Gasteiger charge is 2.27. The van der Waals surface area contributed by atoms with Crippen LogP contribution < -0.4 is 10.6 Å². The highest BCUT2D eigenvalue weighted by atomic mass is 32.1. The molecule has 2 aromatic rings. The van der Waals surface area contributed by atoms with Crippen LogP contribution in [0, 0.1) is 0 Å². The average Bonchev–Trinajstić information content (AvgIpc) is 3.09. The van der Waals surface area contributed by atoms with Gasteiger partial charge in [0, 0.05) is 17.5 Å². The molecule has 2 N–H and O–H groups in total. The fourth-order valence-corrected chi connectivity index (χ4v) is 4.73. The van der Waals surface area contributed by atoms with E-state index in [0.717, 1.165) is 36.1 Å². The lowest BCUT2D eigenvalue weighted by Gasteiger charge is -2.13. The van der Waals surface area contributed by atoms with Crippen LogP contribution in [0.25, 0.3) is 0 Å². The first-order valence-corrected chi connectivity index (χ1v) is 11.3. The Morgan fingerprint density at radius 1 is 1.00 bits per heavy atom. The van der Waals surface area contributed by atoms with Crippen molar-refractivity contribution in [2.45, 2.75) is 52.6 Å². The summed E-state index contributed by atoms with van der Waals surface area (Å²) < 4.78 is 10.4. The molecule has 0 bridgehead atoms. The van der Waals surface area contributed by atoms with E-state index in [0.29, 0.717) is 21.8 Å². The van der Waals surface area contributed by atoms with Gasteiger partial charge in [-0.15, -0.1) is 11.3 Å². The van der Waals surface area contributed by atoms with E-state index in [1.54, 1.807) is 38.1 Å². The summed E-state index contributed by atoms with van der Waals surface area (Å²) in [4.78, 5) is 49.5. The van der Waals surface area contributed by atoms with Crippen molar-refractivity contribution in [1.82, 2.24) is 0 Å². The molecule has 0 unspecified atom stereocenters. The Morgan fingerprint density at radius 2 is 1.69 bits per heavy atom. The molecule has 1 aliphatic carbocycles. The summed E-state index contributed by atoms with van der Waals surface area (Å²) in [5.74, 6) is -1.85. The van der Waals surface area contributed by atoms with Crippen molar-refractivity contribution in [2.24, 2.45) is 0 Å². The van der Waals surface area contributed by atoms with Crippen molar-refractivity contribution >= 4 is 45.8 Å². The molecule has 0 atom stereocenters. The Kier molecular flexibility index (Phi) is 7.63. The molecule has 0 radical (unpaired) electrons. The zero-order valence-electron chi connectivity index (χ0n) is 18.3. The van der Waals surface area contributed by atoms with Crippen LogP contribution in [-0.2, 0) is 31.9 Å². The number of nitrogens with one attached hydrogen (secondary N) is 2. The summed E-state index contributed by atoms with van der Waals surface area (Å²) in [5, 5.41) is 5.80. The normalized spacial score (nSPS) is 12.6. The smallest absolute Gasteiger partial charge is 0.341 e. The summed E-state index contributed by atoms with van der Waals surface area (Å²) in [7, 11) is 0. The second kappa shape index (κ2) is 10.4.